The van der Waals surface area contributed by atoms with E-state index in [-0.39, 0.29) is 0 Å². The van der Waals surface area contributed by atoms with Gasteiger partial charge in [0.25, 0.3) is 0 Å². The summed E-state index contributed by atoms with van der Waals surface area (Å²) in [5, 5.41) is 9.77. The van der Waals surface area contributed by atoms with E-state index in [0.717, 1.165) is 22.4 Å². The summed E-state index contributed by atoms with van der Waals surface area (Å²) in [6.07, 6.45) is 0. The van der Waals surface area contributed by atoms with E-state index in [2.05, 4.69) is 185 Å². The van der Waals surface area contributed by atoms with Crippen LogP contribution in [0.25, 0.3) is 98.8 Å². The van der Waals surface area contributed by atoms with Gasteiger partial charge in [-0.15, -0.1) is 0 Å². The highest BCUT2D eigenvalue weighted by molar-refractivity contribution is 6.26. The SMILES string of the molecule is c1ccc(-n2c3ccccc3c3cc(-c4ccc5c(c4)c4c6cccc7c6c(cc4n5-c4cccc5ccccc45)-c4ccccc4O7)ccc32)cc1. The molecule has 0 bridgehead atoms. The number of benzene rings is 9. The molecule has 9 aromatic carbocycles. The molecule has 0 saturated heterocycles. The predicted octanol–water partition coefficient (Wildman–Crippen LogP) is 13.6. The van der Waals surface area contributed by atoms with Crippen molar-refractivity contribution in [3.63, 3.8) is 0 Å². The molecular formula is C50H30N2O. The van der Waals surface area contributed by atoms with Crippen molar-refractivity contribution in [2.45, 2.75) is 0 Å². The van der Waals surface area contributed by atoms with E-state index < -0.39 is 0 Å². The maximum Gasteiger partial charge on any atom is 0.135 e. The minimum atomic E-state index is 0.894. The first-order valence-corrected chi connectivity index (χ1v) is 18.2. The monoisotopic (exact) mass is 674 g/mol. The third-order valence-electron chi connectivity index (χ3n) is 11.3. The number of hydrogen-bond donors (Lipinski definition) is 0. The molecule has 0 amide bonds. The van der Waals surface area contributed by atoms with Gasteiger partial charge in [0.05, 0.1) is 27.8 Å². The molecular weight excluding hydrogens is 645 g/mol. The van der Waals surface area contributed by atoms with Crippen LogP contribution < -0.4 is 4.74 Å². The van der Waals surface area contributed by atoms with Crippen molar-refractivity contribution in [3.8, 4) is 45.1 Å². The standard InChI is InChI=1S/C50H30N2O/c1-2-14-34(15-3-1)51-43-20-8-6-17-36(43)39-28-32(24-26-44(39)51)33-25-27-45-41(29-33)49-38-19-11-23-48-50(38)40(37-18-7-9-22-47(37)53-48)30-46(49)52(45)42-21-10-13-31-12-4-5-16-35(31)42/h1-30H. The lowest BCUT2D eigenvalue weighted by molar-refractivity contribution is 0.487. The second-order valence-electron chi connectivity index (χ2n) is 14.1. The maximum atomic E-state index is 6.55. The Bertz CT molecular complexity index is 3310. The van der Waals surface area contributed by atoms with Gasteiger partial charge in [-0.3, -0.25) is 0 Å². The maximum absolute atomic E-state index is 6.55. The van der Waals surface area contributed by atoms with Crippen molar-refractivity contribution in [2.24, 2.45) is 0 Å². The smallest absolute Gasteiger partial charge is 0.135 e. The van der Waals surface area contributed by atoms with Gasteiger partial charge >= 0.3 is 0 Å². The lowest BCUT2D eigenvalue weighted by atomic mass is 9.91. The summed E-state index contributed by atoms with van der Waals surface area (Å²) >= 11 is 0. The zero-order valence-electron chi connectivity index (χ0n) is 28.6. The van der Waals surface area contributed by atoms with Crippen LogP contribution in [0.2, 0.25) is 0 Å². The van der Waals surface area contributed by atoms with Gasteiger partial charge < -0.3 is 13.9 Å². The van der Waals surface area contributed by atoms with Crippen LogP contribution in [0.3, 0.4) is 0 Å². The Balaban J connectivity index is 1.17. The van der Waals surface area contributed by atoms with E-state index in [9.17, 15) is 0 Å². The fourth-order valence-electron chi connectivity index (χ4n) is 9.00. The normalized spacial score (nSPS) is 12.3. The molecule has 3 heteroatoms. The fraction of sp³-hybridized carbons (Fsp3) is 0. The van der Waals surface area contributed by atoms with Crippen LogP contribution in [-0.4, -0.2) is 9.13 Å². The lowest BCUT2D eigenvalue weighted by Crippen LogP contribution is -1.99. The molecule has 246 valence electrons. The average molecular weight is 675 g/mol. The second-order valence-corrected chi connectivity index (χ2v) is 14.1. The molecule has 1 aliphatic heterocycles. The fourth-order valence-corrected chi connectivity index (χ4v) is 9.00. The molecule has 3 heterocycles. The number of ether oxygens (including phenoxy) is 1. The Kier molecular flexibility index (Phi) is 5.77. The molecule has 0 aliphatic carbocycles. The average Bonchev–Trinajstić information content (AvgIpc) is 3.73. The molecule has 0 saturated carbocycles. The van der Waals surface area contributed by atoms with Gasteiger partial charge in [-0.05, 0) is 94.2 Å². The van der Waals surface area contributed by atoms with E-state index in [0.29, 0.717) is 0 Å². The Morgan fingerprint density at radius 3 is 1.87 bits per heavy atom. The summed E-state index contributed by atoms with van der Waals surface area (Å²) in [7, 11) is 0. The third kappa shape index (κ3) is 3.99. The van der Waals surface area contributed by atoms with E-state index in [1.807, 2.05) is 6.07 Å². The topological polar surface area (TPSA) is 19.1 Å². The first-order chi connectivity index (χ1) is 26.3. The van der Waals surface area contributed by atoms with E-state index in [4.69, 9.17) is 4.74 Å². The molecule has 0 N–H and O–H groups in total. The largest absolute Gasteiger partial charge is 0.456 e. The molecule has 1 aliphatic rings. The number of hydrogen-bond acceptors (Lipinski definition) is 1. The van der Waals surface area contributed by atoms with Crippen molar-refractivity contribution in [3.05, 3.63) is 182 Å². The van der Waals surface area contributed by atoms with Crippen molar-refractivity contribution in [1.29, 1.82) is 0 Å². The summed E-state index contributed by atoms with van der Waals surface area (Å²) in [6, 6.07) is 66.0. The molecule has 53 heavy (non-hydrogen) atoms. The Morgan fingerprint density at radius 1 is 0.340 bits per heavy atom. The lowest BCUT2D eigenvalue weighted by Gasteiger charge is -2.22. The Hall–Kier alpha value is -7.10. The molecule has 0 atom stereocenters. The molecule has 3 nitrogen and oxygen atoms in total. The molecule has 12 rings (SSSR count). The van der Waals surface area contributed by atoms with Crippen molar-refractivity contribution in [2.75, 3.05) is 0 Å². The molecule has 0 spiro atoms. The van der Waals surface area contributed by atoms with Gasteiger partial charge in [-0.2, -0.15) is 0 Å². The van der Waals surface area contributed by atoms with Crippen LogP contribution in [0.5, 0.6) is 11.5 Å². The van der Waals surface area contributed by atoms with Gasteiger partial charge in [-0.25, -0.2) is 0 Å². The number of fused-ring (bicyclic) bond motifs is 10. The third-order valence-corrected chi connectivity index (χ3v) is 11.3. The predicted molar refractivity (Wildman–Crippen MR) is 221 cm³/mol. The van der Waals surface area contributed by atoms with Crippen molar-refractivity contribution >= 4 is 65.2 Å². The van der Waals surface area contributed by atoms with Gasteiger partial charge in [0.15, 0.2) is 0 Å². The summed E-state index contributed by atoms with van der Waals surface area (Å²) < 4.78 is 11.4. The highest BCUT2D eigenvalue weighted by Gasteiger charge is 2.25. The van der Waals surface area contributed by atoms with E-state index in [1.165, 1.54) is 87.8 Å². The van der Waals surface area contributed by atoms with Gasteiger partial charge in [-0.1, -0.05) is 115 Å². The molecule has 11 aromatic rings. The summed E-state index contributed by atoms with van der Waals surface area (Å²) in [5.74, 6) is 1.80. The first-order valence-electron chi connectivity index (χ1n) is 18.2. The highest BCUT2D eigenvalue weighted by atomic mass is 16.5. The summed E-state index contributed by atoms with van der Waals surface area (Å²) in [5.41, 5.74) is 11.8. The molecule has 0 unspecified atom stereocenters. The molecule has 2 aromatic heterocycles. The van der Waals surface area contributed by atoms with Crippen molar-refractivity contribution < 1.29 is 4.74 Å². The van der Waals surface area contributed by atoms with Crippen LogP contribution >= 0.6 is 0 Å². The second kappa shape index (κ2) is 10.7. The van der Waals surface area contributed by atoms with E-state index in [1.54, 1.807) is 0 Å². The van der Waals surface area contributed by atoms with Crippen LogP contribution in [0.15, 0.2) is 182 Å². The number of aromatic nitrogens is 2. The number of rotatable bonds is 3. The molecule has 0 fully saturated rings. The van der Waals surface area contributed by atoms with Gasteiger partial charge in [0, 0.05) is 43.6 Å². The zero-order valence-corrected chi connectivity index (χ0v) is 28.6. The molecule has 0 radical (unpaired) electrons. The number of nitrogens with zero attached hydrogens (tertiary/aromatic N) is 2. The quantitative estimate of drug-likeness (QED) is 0.183. The van der Waals surface area contributed by atoms with Gasteiger partial charge in [0.2, 0.25) is 0 Å². The number of para-hydroxylation sites is 3. The summed E-state index contributed by atoms with van der Waals surface area (Å²) in [4.78, 5) is 0. The Morgan fingerprint density at radius 2 is 0.981 bits per heavy atom. The summed E-state index contributed by atoms with van der Waals surface area (Å²) in [6.45, 7) is 0. The van der Waals surface area contributed by atoms with Gasteiger partial charge in [0.1, 0.15) is 11.5 Å². The first kappa shape index (κ1) is 28.6. The Labute approximate surface area is 305 Å². The highest BCUT2D eigenvalue weighted by Crippen LogP contribution is 2.51. The zero-order chi connectivity index (χ0) is 34.6. The van der Waals surface area contributed by atoms with Crippen LogP contribution in [0.1, 0.15) is 0 Å². The van der Waals surface area contributed by atoms with Crippen LogP contribution in [0, 0.1) is 0 Å². The minimum Gasteiger partial charge on any atom is -0.456 e. The van der Waals surface area contributed by atoms with Crippen molar-refractivity contribution in [1.82, 2.24) is 9.13 Å². The van der Waals surface area contributed by atoms with Crippen LogP contribution in [0.4, 0.5) is 0 Å². The van der Waals surface area contributed by atoms with Crippen LogP contribution in [-0.2, 0) is 0 Å². The van der Waals surface area contributed by atoms with E-state index >= 15 is 0 Å². The minimum absolute atomic E-state index is 0.894.